The Hall–Kier alpha value is -2.19. The molecule has 0 saturated carbocycles. The molecule has 0 rings (SSSR count). The van der Waals surface area contributed by atoms with Crippen molar-refractivity contribution in [1.29, 1.82) is 0 Å². The van der Waals surface area contributed by atoms with Crippen molar-refractivity contribution in [2.24, 2.45) is 0 Å². The van der Waals surface area contributed by atoms with Crippen molar-refractivity contribution in [3.05, 3.63) is 24.3 Å². The fraction of sp³-hybridized carbons (Fsp3) is 0.841. The highest BCUT2D eigenvalue weighted by atomic mass is 16.6. The molecule has 0 spiro atoms. The number of rotatable bonds is 38. The maximum absolute atomic E-state index is 12.7. The zero-order valence-electron chi connectivity index (χ0n) is 34.5. The normalized spacial score (nSPS) is 13.2. The summed E-state index contributed by atoms with van der Waals surface area (Å²) >= 11 is 0. The molecule has 0 radical (unpaired) electrons. The minimum absolute atomic E-state index is 0.0410. The lowest BCUT2D eigenvalue weighted by molar-refractivity contribution is -0.889. The van der Waals surface area contributed by atoms with Crippen LogP contribution in [0.25, 0.3) is 0 Å². The van der Waals surface area contributed by atoms with Crippen LogP contribution < -0.4 is 5.11 Å². The molecule has 0 aromatic carbocycles. The number of allylic oxidation sites excluding steroid dienone is 4. The Kier molecular flexibility index (Phi) is 34.3. The molecule has 304 valence electrons. The first-order chi connectivity index (χ1) is 25.1. The van der Waals surface area contributed by atoms with Crippen LogP contribution in [0.1, 0.15) is 187 Å². The molecule has 2 atom stereocenters. The monoisotopic (exact) mass is 736 g/mol. The third kappa shape index (κ3) is 33.6. The Bertz CT molecular complexity index is 911. The zero-order valence-corrected chi connectivity index (χ0v) is 34.5. The topological polar surface area (TPSA) is 102 Å². The van der Waals surface area contributed by atoms with Gasteiger partial charge in [-0.3, -0.25) is 9.59 Å². The molecule has 0 bridgehead atoms. The van der Waals surface area contributed by atoms with Crippen molar-refractivity contribution in [2.45, 2.75) is 199 Å². The first kappa shape index (κ1) is 49.8. The first-order valence-electron chi connectivity index (χ1n) is 21.4. The van der Waals surface area contributed by atoms with Gasteiger partial charge in [0.2, 0.25) is 0 Å². The van der Waals surface area contributed by atoms with Crippen molar-refractivity contribution in [3.63, 3.8) is 0 Å². The highest BCUT2D eigenvalue weighted by Gasteiger charge is 2.25. The number of likely N-dealkylation sites (N-methyl/N-ethyl adjacent to an activating group) is 1. The number of hydrogen-bond donors (Lipinski definition) is 0. The van der Waals surface area contributed by atoms with Crippen LogP contribution in [-0.4, -0.2) is 75.5 Å². The van der Waals surface area contributed by atoms with Crippen LogP contribution in [0.2, 0.25) is 0 Å². The van der Waals surface area contributed by atoms with E-state index in [2.05, 4.69) is 38.2 Å². The summed E-state index contributed by atoms with van der Waals surface area (Å²) < 4.78 is 17.1. The summed E-state index contributed by atoms with van der Waals surface area (Å²) in [6, 6.07) is -0.723. The second-order valence-electron chi connectivity index (χ2n) is 15.6. The summed E-state index contributed by atoms with van der Waals surface area (Å²) in [6.07, 6.45) is 37.6. The minimum Gasteiger partial charge on any atom is -0.544 e. The third-order valence-corrected chi connectivity index (χ3v) is 9.59. The van der Waals surface area contributed by atoms with E-state index >= 15 is 0 Å². The van der Waals surface area contributed by atoms with Gasteiger partial charge in [0.1, 0.15) is 12.6 Å². The summed E-state index contributed by atoms with van der Waals surface area (Å²) in [5, 5.41) is 11.6. The van der Waals surface area contributed by atoms with E-state index in [1.807, 2.05) is 0 Å². The molecule has 0 aliphatic rings. The zero-order chi connectivity index (χ0) is 38.5. The van der Waals surface area contributed by atoms with Crippen molar-refractivity contribution in [1.82, 2.24) is 0 Å². The van der Waals surface area contributed by atoms with Gasteiger partial charge in [0.25, 0.3) is 0 Å². The molecule has 0 aliphatic heterocycles. The Morgan fingerprint density at radius 1 is 0.577 bits per heavy atom. The number of esters is 2. The number of carboxylic acids is 1. The van der Waals surface area contributed by atoms with Gasteiger partial charge in [-0.15, -0.1) is 0 Å². The predicted octanol–water partition coefficient (Wildman–Crippen LogP) is 9.97. The van der Waals surface area contributed by atoms with Crippen molar-refractivity contribution in [3.8, 4) is 0 Å². The minimum atomic E-state index is -1.13. The fourth-order valence-electron chi connectivity index (χ4n) is 6.22. The Labute approximate surface area is 320 Å². The fourth-order valence-corrected chi connectivity index (χ4v) is 6.22. The number of carboxylic acid groups (broad SMARTS) is 1. The highest BCUT2D eigenvalue weighted by Crippen LogP contribution is 2.14. The molecular weight excluding hydrogens is 654 g/mol. The molecule has 0 amide bonds. The van der Waals surface area contributed by atoms with Crippen molar-refractivity contribution in [2.75, 3.05) is 41.0 Å². The van der Waals surface area contributed by atoms with E-state index < -0.39 is 18.1 Å². The van der Waals surface area contributed by atoms with Crippen LogP contribution in [0.15, 0.2) is 24.3 Å². The predicted molar refractivity (Wildman–Crippen MR) is 213 cm³/mol. The largest absolute Gasteiger partial charge is 0.544 e. The molecule has 0 N–H and O–H groups in total. The van der Waals surface area contributed by atoms with Gasteiger partial charge >= 0.3 is 11.9 Å². The SMILES string of the molecule is CCCCC/C=C\C/C=C\CCCCCCCCCC(=O)OC(COCCC(C(=O)[O-])[N+](C)(C)C)COC(=O)CCCCCCCCCCCCC. The van der Waals surface area contributed by atoms with E-state index in [-0.39, 0.29) is 42.7 Å². The molecule has 8 heteroatoms. The van der Waals surface area contributed by atoms with E-state index in [1.54, 1.807) is 21.1 Å². The van der Waals surface area contributed by atoms with E-state index in [4.69, 9.17) is 14.2 Å². The van der Waals surface area contributed by atoms with Gasteiger partial charge in [-0.1, -0.05) is 147 Å². The average Bonchev–Trinajstić information content (AvgIpc) is 3.09. The summed E-state index contributed by atoms with van der Waals surface area (Å²) in [5.74, 6) is -1.74. The number of carbonyl (C=O) groups is 3. The highest BCUT2D eigenvalue weighted by molar-refractivity contribution is 5.70. The number of ether oxygens (including phenoxy) is 3. The van der Waals surface area contributed by atoms with E-state index in [9.17, 15) is 19.5 Å². The van der Waals surface area contributed by atoms with Crippen molar-refractivity contribution < 1.29 is 38.2 Å². The quantitative estimate of drug-likeness (QED) is 0.0269. The van der Waals surface area contributed by atoms with Crippen molar-refractivity contribution >= 4 is 17.9 Å². The number of aliphatic carboxylic acids is 1. The number of unbranched alkanes of at least 4 members (excludes halogenated alkanes) is 20. The summed E-state index contributed by atoms with van der Waals surface area (Å²) in [6.45, 7) is 4.63. The van der Waals surface area contributed by atoms with E-state index in [0.29, 0.717) is 12.8 Å². The van der Waals surface area contributed by atoms with Crippen LogP contribution in [0.4, 0.5) is 0 Å². The van der Waals surface area contributed by atoms with Crippen LogP contribution in [0.5, 0.6) is 0 Å². The Balaban J connectivity index is 4.35. The van der Waals surface area contributed by atoms with Gasteiger partial charge in [0.05, 0.1) is 40.3 Å². The average molecular weight is 736 g/mol. The van der Waals surface area contributed by atoms with Gasteiger partial charge < -0.3 is 28.6 Å². The third-order valence-electron chi connectivity index (χ3n) is 9.59. The van der Waals surface area contributed by atoms with Gasteiger partial charge in [-0.25, -0.2) is 0 Å². The van der Waals surface area contributed by atoms with Crippen LogP contribution in [0.3, 0.4) is 0 Å². The molecule has 0 saturated heterocycles. The molecule has 0 aromatic rings. The maximum Gasteiger partial charge on any atom is 0.306 e. The molecular formula is C44H81NO7. The molecule has 0 aliphatic carbocycles. The standard InChI is InChI=1S/C44H81NO7/c1-6-8-10-12-14-16-18-19-20-21-22-23-25-27-29-31-33-35-43(47)52-40(38-50-37-36-41(44(48)49)45(3,4)5)39-51-42(46)34-32-30-28-26-24-17-15-13-11-9-7-2/h14,16,19-20,40-41H,6-13,15,17-18,21-39H2,1-5H3/b16-14-,20-19-. The van der Waals surface area contributed by atoms with E-state index in [0.717, 1.165) is 51.4 Å². The lowest BCUT2D eigenvalue weighted by atomic mass is 10.1. The van der Waals surface area contributed by atoms with Gasteiger partial charge in [-0.2, -0.15) is 0 Å². The number of quaternary nitrogens is 1. The van der Waals surface area contributed by atoms with Gasteiger partial charge in [0, 0.05) is 19.3 Å². The number of carbonyl (C=O) groups excluding carboxylic acids is 3. The number of nitrogens with zero attached hydrogens (tertiary/aromatic N) is 1. The lowest BCUT2D eigenvalue weighted by Crippen LogP contribution is -2.55. The van der Waals surface area contributed by atoms with Crippen LogP contribution in [-0.2, 0) is 28.6 Å². The van der Waals surface area contributed by atoms with Crippen LogP contribution in [0, 0.1) is 0 Å². The van der Waals surface area contributed by atoms with Gasteiger partial charge in [-0.05, 0) is 44.9 Å². The molecule has 0 aromatic heterocycles. The Morgan fingerprint density at radius 2 is 1.02 bits per heavy atom. The van der Waals surface area contributed by atoms with E-state index in [1.165, 1.54) is 103 Å². The Morgan fingerprint density at radius 3 is 1.52 bits per heavy atom. The molecule has 0 heterocycles. The summed E-state index contributed by atoms with van der Waals surface area (Å²) in [7, 11) is 5.40. The smallest absolute Gasteiger partial charge is 0.306 e. The van der Waals surface area contributed by atoms with Crippen LogP contribution >= 0.6 is 0 Å². The molecule has 2 unspecified atom stereocenters. The molecule has 52 heavy (non-hydrogen) atoms. The maximum atomic E-state index is 12.7. The van der Waals surface area contributed by atoms with Gasteiger partial charge in [0.15, 0.2) is 6.10 Å². The summed E-state index contributed by atoms with van der Waals surface area (Å²) in [5.41, 5.74) is 0. The summed E-state index contributed by atoms with van der Waals surface area (Å²) in [4.78, 5) is 36.7. The first-order valence-corrected chi connectivity index (χ1v) is 21.4. The second-order valence-corrected chi connectivity index (χ2v) is 15.6. The second kappa shape index (κ2) is 35.8. The lowest BCUT2D eigenvalue weighted by Gasteiger charge is -2.34. The molecule has 8 nitrogen and oxygen atoms in total. The number of hydrogen-bond acceptors (Lipinski definition) is 7. The molecule has 0 fully saturated rings.